The SMILES string of the molecule is C=Cc1cccc([SiH2]OCCC)c1. The van der Waals surface area contributed by atoms with Crippen molar-refractivity contribution in [1.82, 2.24) is 0 Å². The van der Waals surface area contributed by atoms with Crippen molar-refractivity contribution in [3.8, 4) is 0 Å². The molecule has 0 aromatic heterocycles. The Morgan fingerprint density at radius 2 is 2.38 bits per heavy atom. The van der Waals surface area contributed by atoms with Gasteiger partial charge in [-0.15, -0.1) is 0 Å². The summed E-state index contributed by atoms with van der Waals surface area (Å²) in [5, 5.41) is 1.35. The van der Waals surface area contributed by atoms with Gasteiger partial charge in [0.1, 0.15) is 0 Å². The average molecular weight is 192 g/mol. The summed E-state index contributed by atoms with van der Waals surface area (Å²) < 4.78 is 5.57. The lowest BCUT2D eigenvalue weighted by atomic mass is 10.2. The molecule has 0 unspecified atom stereocenters. The van der Waals surface area contributed by atoms with Gasteiger partial charge in [-0.2, -0.15) is 0 Å². The third-order valence-corrected chi connectivity index (χ3v) is 3.07. The van der Waals surface area contributed by atoms with Crippen LogP contribution in [-0.4, -0.2) is 16.4 Å². The van der Waals surface area contributed by atoms with Crippen LogP contribution < -0.4 is 5.19 Å². The van der Waals surface area contributed by atoms with Gasteiger partial charge in [-0.1, -0.05) is 43.8 Å². The van der Waals surface area contributed by atoms with Crippen molar-refractivity contribution in [2.75, 3.05) is 6.61 Å². The van der Waals surface area contributed by atoms with E-state index in [9.17, 15) is 0 Å². The molecule has 1 rings (SSSR count). The lowest BCUT2D eigenvalue weighted by Crippen LogP contribution is -2.17. The number of hydrogen-bond acceptors (Lipinski definition) is 1. The van der Waals surface area contributed by atoms with Crippen molar-refractivity contribution in [2.24, 2.45) is 0 Å². The van der Waals surface area contributed by atoms with Crippen LogP contribution in [0.3, 0.4) is 0 Å². The first-order chi connectivity index (χ1) is 6.36. The molecule has 0 atom stereocenters. The molecule has 0 heterocycles. The van der Waals surface area contributed by atoms with Crippen LogP contribution in [0.1, 0.15) is 18.9 Å². The molecule has 0 amide bonds. The zero-order valence-corrected chi connectivity index (χ0v) is 9.54. The van der Waals surface area contributed by atoms with Gasteiger partial charge in [-0.05, 0) is 17.2 Å². The van der Waals surface area contributed by atoms with Crippen molar-refractivity contribution < 1.29 is 4.43 Å². The Bertz CT molecular complexity index is 271. The van der Waals surface area contributed by atoms with Gasteiger partial charge >= 0.3 is 0 Å². The van der Waals surface area contributed by atoms with Gasteiger partial charge in [-0.3, -0.25) is 0 Å². The smallest absolute Gasteiger partial charge is 0.192 e. The monoisotopic (exact) mass is 192 g/mol. The summed E-state index contributed by atoms with van der Waals surface area (Å²) in [7, 11) is -0.501. The summed E-state index contributed by atoms with van der Waals surface area (Å²) >= 11 is 0. The summed E-state index contributed by atoms with van der Waals surface area (Å²) in [5.41, 5.74) is 1.19. The molecule has 0 spiro atoms. The molecule has 1 aromatic rings. The van der Waals surface area contributed by atoms with Crippen LogP contribution in [0.4, 0.5) is 0 Å². The minimum absolute atomic E-state index is 0.501. The molecule has 0 saturated heterocycles. The fourth-order valence-corrected chi connectivity index (χ4v) is 2.36. The maximum atomic E-state index is 5.57. The lowest BCUT2D eigenvalue weighted by Gasteiger charge is -2.02. The van der Waals surface area contributed by atoms with Gasteiger partial charge in [0.2, 0.25) is 0 Å². The van der Waals surface area contributed by atoms with Crippen LogP contribution in [0.2, 0.25) is 0 Å². The quantitative estimate of drug-likeness (QED) is 0.507. The maximum Gasteiger partial charge on any atom is 0.192 e. The van der Waals surface area contributed by atoms with E-state index in [0.29, 0.717) is 0 Å². The molecule has 13 heavy (non-hydrogen) atoms. The van der Waals surface area contributed by atoms with Crippen LogP contribution in [0.5, 0.6) is 0 Å². The first-order valence-electron chi connectivity index (χ1n) is 4.66. The van der Waals surface area contributed by atoms with Gasteiger partial charge < -0.3 is 4.43 Å². The Kier molecular flexibility index (Phi) is 4.50. The van der Waals surface area contributed by atoms with E-state index >= 15 is 0 Å². The third kappa shape index (κ3) is 3.57. The molecule has 0 aliphatic heterocycles. The number of hydrogen-bond donors (Lipinski definition) is 0. The summed E-state index contributed by atoms with van der Waals surface area (Å²) in [6, 6.07) is 8.42. The summed E-state index contributed by atoms with van der Waals surface area (Å²) in [4.78, 5) is 0. The van der Waals surface area contributed by atoms with Crippen molar-refractivity contribution in [2.45, 2.75) is 13.3 Å². The van der Waals surface area contributed by atoms with Crippen LogP contribution in [-0.2, 0) is 4.43 Å². The lowest BCUT2D eigenvalue weighted by molar-refractivity contribution is 0.341. The Morgan fingerprint density at radius 3 is 3.08 bits per heavy atom. The van der Waals surface area contributed by atoms with Gasteiger partial charge in [-0.25, -0.2) is 0 Å². The predicted octanol–water partition coefficient (Wildman–Crippen LogP) is 1.47. The minimum atomic E-state index is -0.501. The number of benzene rings is 1. The van der Waals surface area contributed by atoms with Crippen molar-refractivity contribution in [1.29, 1.82) is 0 Å². The largest absolute Gasteiger partial charge is 0.419 e. The second kappa shape index (κ2) is 5.73. The van der Waals surface area contributed by atoms with Gasteiger partial charge in [0, 0.05) is 6.61 Å². The highest BCUT2D eigenvalue weighted by atomic mass is 28.2. The third-order valence-electron chi connectivity index (χ3n) is 1.80. The summed E-state index contributed by atoms with van der Waals surface area (Å²) in [5.74, 6) is 0. The number of rotatable bonds is 5. The van der Waals surface area contributed by atoms with Crippen molar-refractivity contribution in [3.05, 3.63) is 36.4 Å². The first-order valence-corrected chi connectivity index (χ1v) is 5.94. The molecular formula is C11H16OSi. The second-order valence-corrected chi connectivity index (χ2v) is 4.52. The fraction of sp³-hybridized carbons (Fsp3) is 0.273. The first kappa shape index (κ1) is 10.2. The molecule has 0 saturated carbocycles. The van der Waals surface area contributed by atoms with Crippen molar-refractivity contribution in [3.63, 3.8) is 0 Å². The van der Waals surface area contributed by atoms with Crippen LogP contribution >= 0.6 is 0 Å². The van der Waals surface area contributed by atoms with Gasteiger partial charge in [0.25, 0.3) is 0 Å². The molecule has 70 valence electrons. The Labute approximate surface area is 82.4 Å². The minimum Gasteiger partial charge on any atom is -0.419 e. The van der Waals surface area contributed by atoms with E-state index < -0.39 is 9.76 Å². The highest BCUT2D eigenvalue weighted by Crippen LogP contribution is 1.97. The summed E-state index contributed by atoms with van der Waals surface area (Å²) in [6.07, 6.45) is 2.98. The predicted molar refractivity (Wildman–Crippen MR) is 61.0 cm³/mol. The zero-order chi connectivity index (χ0) is 9.52. The molecule has 0 bridgehead atoms. The van der Waals surface area contributed by atoms with E-state index in [-0.39, 0.29) is 0 Å². The molecule has 0 N–H and O–H groups in total. The molecule has 0 aliphatic rings. The van der Waals surface area contributed by atoms with E-state index in [1.54, 1.807) is 0 Å². The second-order valence-electron chi connectivity index (χ2n) is 3.00. The molecular weight excluding hydrogens is 176 g/mol. The molecule has 1 aromatic carbocycles. The Morgan fingerprint density at radius 1 is 1.54 bits per heavy atom. The molecule has 1 nitrogen and oxygen atoms in total. The van der Waals surface area contributed by atoms with Crippen LogP contribution in [0.25, 0.3) is 6.08 Å². The van der Waals surface area contributed by atoms with Gasteiger partial charge in [0.05, 0.1) is 0 Å². The summed E-state index contributed by atoms with van der Waals surface area (Å²) in [6.45, 7) is 6.77. The fourth-order valence-electron chi connectivity index (χ4n) is 1.14. The molecule has 2 heteroatoms. The standard InChI is InChI=1S/C11H16OSi/c1-3-8-12-13-11-7-5-6-10(4-2)9-11/h4-7,9H,2-3,8,13H2,1H3. The van der Waals surface area contributed by atoms with E-state index in [4.69, 9.17) is 4.43 Å². The molecule has 0 radical (unpaired) electrons. The van der Waals surface area contributed by atoms with E-state index in [0.717, 1.165) is 13.0 Å². The van der Waals surface area contributed by atoms with Crippen LogP contribution in [0.15, 0.2) is 30.8 Å². The highest BCUT2D eigenvalue weighted by molar-refractivity contribution is 6.46. The average Bonchev–Trinajstić information content (AvgIpc) is 2.19. The van der Waals surface area contributed by atoms with E-state index in [1.165, 1.54) is 10.8 Å². The molecule has 0 fully saturated rings. The highest BCUT2D eigenvalue weighted by Gasteiger charge is 1.94. The van der Waals surface area contributed by atoms with Gasteiger partial charge in [0.15, 0.2) is 9.76 Å². The maximum absolute atomic E-state index is 5.57. The van der Waals surface area contributed by atoms with E-state index in [2.05, 4.69) is 37.8 Å². The normalized spacial score (nSPS) is 10.8. The topological polar surface area (TPSA) is 9.23 Å². The molecule has 0 aliphatic carbocycles. The van der Waals surface area contributed by atoms with E-state index in [1.807, 2.05) is 6.08 Å². The Balaban J connectivity index is 2.51. The zero-order valence-electron chi connectivity index (χ0n) is 8.12. The Hall–Kier alpha value is -0.863. The van der Waals surface area contributed by atoms with Crippen LogP contribution in [0, 0.1) is 0 Å². The van der Waals surface area contributed by atoms with Crippen molar-refractivity contribution >= 4 is 21.0 Å².